The van der Waals surface area contributed by atoms with Gasteiger partial charge in [0.05, 0.1) is 0 Å². The summed E-state index contributed by atoms with van der Waals surface area (Å²) < 4.78 is 0. The zero-order valence-electron chi connectivity index (χ0n) is 17.0. The molecule has 0 saturated carbocycles. The number of hydrogen-bond acceptors (Lipinski definition) is 3. The molecule has 1 aliphatic rings. The lowest BCUT2D eigenvalue weighted by atomic mass is 10.1. The Balaban J connectivity index is 0.00000300. The summed E-state index contributed by atoms with van der Waals surface area (Å²) in [6, 6.07) is 18.8. The highest BCUT2D eigenvalue weighted by Gasteiger charge is 2.29. The number of nitrogens with two attached hydrogens (primary N) is 1. The Morgan fingerprint density at radius 1 is 1.17 bits per heavy atom. The summed E-state index contributed by atoms with van der Waals surface area (Å²) in [7, 11) is 1.77. The number of hydrogen-bond donors (Lipinski definition) is 3. The number of carbonyl (C=O) groups excluding carboxylic acids is 1. The minimum atomic E-state index is -0.414. The van der Waals surface area contributed by atoms with Crippen LogP contribution in [0.2, 0.25) is 0 Å². The molecule has 156 valence electrons. The number of nitrogens with one attached hydrogen (secondary N) is 2. The molecule has 0 radical (unpaired) electrons. The van der Waals surface area contributed by atoms with Crippen LogP contribution in [-0.4, -0.2) is 42.4 Å². The van der Waals surface area contributed by atoms with Crippen LogP contribution in [0.15, 0.2) is 59.6 Å². The van der Waals surface area contributed by atoms with Gasteiger partial charge in [0, 0.05) is 44.3 Å². The molecule has 1 amide bonds. The first-order chi connectivity index (χ1) is 13.5. The molecule has 7 heteroatoms. The lowest BCUT2D eigenvalue weighted by Crippen LogP contribution is -2.44. The van der Waals surface area contributed by atoms with E-state index < -0.39 is 5.91 Å². The molecule has 2 aromatic rings. The lowest BCUT2D eigenvalue weighted by molar-refractivity contribution is 0.1000. The molecule has 0 aliphatic carbocycles. The standard InChI is InChI=1S/C22H29N5O.HI/c1-16-11-20(15-27(16)14-17-7-4-3-5-8-17)26-22(24-2)25-13-18-9-6-10-19(12-18)21(23)28;/h3-10,12,16,20H,11,13-15H2,1-2H3,(H2,23,28)(H2,24,25,26);1H. The van der Waals surface area contributed by atoms with Crippen molar-refractivity contribution in [2.75, 3.05) is 13.6 Å². The first-order valence-corrected chi connectivity index (χ1v) is 9.69. The molecule has 0 spiro atoms. The Bertz CT molecular complexity index is 827. The van der Waals surface area contributed by atoms with Gasteiger partial charge in [-0.25, -0.2) is 0 Å². The first-order valence-electron chi connectivity index (χ1n) is 9.69. The Hall–Kier alpha value is -2.13. The second-order valence-electron chi connectivity index (χ2n) is 7.33. The van der Waals surface area contributed by atoms with Crippen molar-refractivity contribution in [2.45, 2.75) is 38.5 Å². The summed E-state index contributed by atoms with van der Waals surface area (Å²) in [4.78, 5) is 18.2. The van der Waals surface area contributed by atoms with Gasteiger partial charge in [0.15, 0.2) is 5.96 Å². The van der Waals surface area contributed by atoms with E-state index in [-0.39, 0.29) is 24.0 Å². The predicted molar refractivity (Wildman–Crippen MR) is 128 cm³/mol. The molecule has 1 fully saturated rings. The normalized spacial score (nSPS) is 19.4. The smallest absolute Gasteiger partial charge is 0.248 e. The van der Waals surface area contributed by atoms with Crippen molar-refractivity contribution in [3.8, 4) is 0 Å². The lowest BCUT2D eigenvalue weighted by Gasteiger charge is -2.21. The van der Waals surface area contributed by atoms with Crippen LogP contribution in [0.3, 0.4) is 0 Å². The van der Waals surface area contributed by atoms with Gasteiger partial charge in [0.25, 0.3) is 0 Å². The minimum Gasteiger partial charge on any atom is -0.366 e. The van der Waals surface area contributed by atoms with Crippen LogP contribution >= 0.6 is 24.0 Å². The Morgan fingerprint density at radius 3 is 2.59 bits per heavy atom. The molecule has 0 aromatic heterocycles. The number of aliphatic imine (C=N–C) groups is 1. The van der Waals surface area contributed by atoms with Crippen molar-refractivity contribution in [1.29, 1.82) is 0 Å². The maximum atomic E-state index is 11.3. The Kier molecular flexibility index (Phi) is 8.91. The van der Waals surface area contributed by atoms with Gasteiger partial charge < -0.3 is 16.4 Å². The maximum absolute atomic E-state index is 11.3. The topological polar surface area (TPSA) is 82.7 Å². The fourth-order valence-electron chi connectivity index (χ4n) is 3.65. The van der Waals surface area contributed by atoms with E-state index in [0.29, 0.717) is 24.2 Å². The van der Waals surface area contributed by atoms with E-state index in [0.717, 1.165) is 31.0 Å². The molecule has 3 rings (SSSR count). The van der Waals surface area contributed by atoms with Gasteiger partial charge in [-0.15, -0.1) is 24.0 Å². The number of benzene rings is 2. The van der Waals surface area contributed by atoms with Crippen molar-refractivity contribution in [3.63, 3.8) is 0 Å². The number of halogens is 1. The van der Waals surface area contributed by atoms with Crippen molar-refractivity contribution in [1.82, 2.24) is 15.5 Å². The largest absolute Gasteiger partial charge is 0.366 e. The number of amides is 1. The molecule has 4 N–H and O–H groups in total. The zero-order chi connectivity index (χ0) is 19.9. The summed E-state index contributed by atoms with van der Waals surface area (Å²) in [6.45, 7) is 4.80. The first kappa shape index (κ1) is 23.2. The minimum absolute atomic E-state index is 0. The molecule has 2 aromatic carbocycles. The fraction of sp³-hybridized carbons (Fsp3) is 0.364. The van der Waals surface area contributed by atoms with E-state index in [1.54, 1.807) is 13.1 Å². The van der Waals surface area contributed by atoms with Crippen LogP contribution in [0.1, 0.15) is 34.8 Å². The number of guanidine groups is 1. The van der Waals surface area contributed by atoms with Gasteiger partial charge >= 0.3 is 0 Å². The SMILES string of the molecule is CN=C(NCc1cccc(C(N)=O)c1)NC1CC(C)N(Cc2ccccc2)C1.I. The molecule has 6 nitrogen and oxygen atoms in total. The van der Waals surface area contributed by atoms with Crippen molar-refractivity contribution in [2.24, 2.45) is 10.7 Å². The number of likely N-dealkylation sites (tertiary alicyclic amines) is 1. The summed E-state index contributed by atoms with van der Waals surface area (Å²) in [5, 5.41) is 6.85. The number of primary amides is 1. The molecular formula is C22H30IN5O. The summed E-state index contributed by atoms with van der Waals surface area (Å²) >= 11 is 0. The van der Waals surface area contributed by atoms with Crippen LogP contribution in [0.4, 0.5) is 0 Å². The van der Waals surface area contributed by atoms with Gasteiger partial charge in [-0.05, 0) is 36.6 Å². The van der Waals surface area contributed by atoms with Gasteiger partial charge in [0.1, 0.15) is 0 Å². The number of nitrogens with zero attached hydrogens (tertiary/aromatic N) is 2. The van der Waals surface area contributed by atoms with E-state index in [9.17, 15) is 4.79 Å². The Morgan fingerprint density at radius 2 is 1.90 bits per heavy atom. The van der Waals surface area contributed by atoms with Gasteiger partial charge in [-0.2, -0.15) is 0 Å². The average molecular weight is 507 g/mol. The molecule has 1 aliphatic heterocycles. The monoisotopic (exact) mass is 507 g/mol. The van der Waals surface area contributed by atoms with Crippen LogP contribution < -0.4 is 16.4 Å². The molecular weight excluding hydrogens is 477 g/mol. The molecule has 1 heterocycles. The van der Waals surface area contributed by atoms with Crippen LogP contribution in [0.5, 0.6) is 0 Å². The van der Waals surface area contributed by atoms with Crippen molar-refractivity contribution in [3.05, 3.63) is 71.3 Å². The summed E-state index contributed by atoms with van der Waals surface area (Å²) in [6.07, 6.45) is 1.07. The quantitative estimate of drug-likeness (QED) is 0.319. The summed E-state index contributed by atoms with van der Waals surface area (Å²) in [5.74, 6) is 0.353. The fourth-order valence-corrected chi connectivity index (χ4v) is 3.65. The highest BCUT2D eigenvalue weighted by atomic mass is 127. The highest BCUT2D eigenvalue weighted by molar-refractivity contribution is 14.0. The molecule has 29 heavy (non-hydrogen) atoms. The van der Waals surface area contributed by atoms with E-state index in [4.69, 9.17) is 5.73 Å². The second kappa shape index (κ2) is 11.2. The van der Waals surface area contributed by atoms with E-state index >= 15 is 0 Å². The van der Waals surface area contributed by atoms with Crippen LogP contribution in [0, 0.1) is 0 Å². The predicted octanol–water partition coefficient (Wildman–Crippen LogP) is 2.73. The third-order valence-electron chi connectivity index (χ3n) is 5.17. The number of rotatable bonds is 6. The van der Waals surface area contributed by atoms with Crippen molar-refractivity contribution < 1.29 is 4.79 Å². The van der Waals surface area contributed by atoms with Crippen LogP contribution in [-0.2, 0) is 13.1 Å². The zero-order valence-corrected chi connectivity index (χ0v) is 19.3. The van der Waals surface area contributed by atoms with Crippen LogP contribution in [0.25, 0.3) is 0 Å². The summed E-state index contributed by atoms with van der Waals surface area (Å²) in [5.41, 5.74) is 8.20. The van der Waals surface area contributed by atoms with Gasteiger partial charge in [-0.3, -0.25) is 14.7 Å². The molecule has 0 bridgehead atoms. The molecule has 1 saturated heterocycles. The van der Waals surface area contributed by atoms with Crippen molar-refractivity contribution >= 4 is 35.8 Å². The molecule has 2 unspecified atom stereocenters. The average Bonchev–Trinajstić information content (AvgIpc) is 3.05. The van der Waals surface area contributed by atoms with Gasteiger partial charge in [-0.1, -0.05) is 42.5 Å². The highest BCUT2D eigenvalue weighted by Crippen LogP contribution is 2.20. The Labute approximate surface area is 190 Å². The van der Waals surface area contributed by atoms with E-state index in [1.807, 2.05) is 18.2 Å². The van der Waals surface area contributed by atoms with E-state index in [1.165, 1.54) is 5.56 Å². The molecule has 2 atom stereocenters. The second-order valence-corrected chi connectivity index (χ2v) is 7.33. The number of carbonyl (C=O) groups is 1. The van der Waals surface area contributed by atoms with E-state index in [2.05, 4.69) is 57.8 Å². The maximum Gasteiger partial charge on any atom is 0.248 e. The third-order valence-corrected chi connectivity index (χ3v) is 5.17. The van der Waals surface area contributed by atoms with Gasteiger partial charge in [0.2, 0.25) is 5.91 Å². The third kappa shape index (κ3) is 6.71.